The van der Waals surface area contributed by atoms with Gasteiger partial charge in [0.15, 0.2) is 0 Å². The van der Waals surface area contributed by atoms with Crippen molar-refractivity contribution in [1.29, 1.82) is 0 Å². The van der Waals surface area contributed by atoms with E-state index in [2.05, 4.69) is 5.32 Å². The third-order valence-electron chi connectivity index (χ3n) is 2.77. The summed E-state index contributed by atoms with van der Waals surface area (Å²) in [5.74, 6) is -0.246. The average Bonchev–Trinajstić information content (AvgIpc) is 2.32. The standard InChI is InChI=1S/C10H20N2O/c1-8(10(11)13)12-9-6-4-2-3-5-7-9/h8-9,12H,2-7H2,1H3,(H2,11,13)/t8-/m0/s1. The van der Waals surface area contributed by atoms with Crippen LogP contribution in [0.3, 0.4) is 0 Å². The summed E-state index contributed by atoms with van der Waals surface area (Å²) in [6.07, 6.45) is 7.62. The quantitative estimate of drug-likeness (QED) is 0.647. The molecule has 0 aromatic heterocycles. The Hall–Kier alpha value is -0.570. The highest BCUT2D eigenvalue weighted by molar-refractivity contribution is 5.79. The topological polar surface area (TPSA) is 55.1 Å². The van der Waals surface area contributed by atoms with Crippen molar-refractivity contribution in [3.05, 3.63) is 0 Å². The molecule has 0 spiro atoms. The molecule has 0 aliphatic heterocycles. The molecule has 3 nitrogen and oxygen atoms in total. The fourth-order valence-electron chi connectivity index (χ4n) is 1.88. The van der Waals surface area contributed by atoms with E-state index < -0.39 is 0 Å². The molecule has 0 bridgehead atoms. The van der Waals surface area contributed by atoms with Gasteiger partial charge in [0, 0.05) is 6.04 Å². The zero-order valence-electron chi connectivity index (χ0n) is 8.38. The summed E-state index contributed by atoms with van der Waals surface area (Å²) in [7, 11) is 0. The Morgan fingerprint density at radius 2 is 1.85 bits per heavy atom. The Balaban J connectivity index is 2.29. The van der Waals surface area contributed by atoms with Crippen molar-refractivity contribution in [3.63, 3.8) is 0 Å². The average molecular weight is 184 g/mol. The van der Waals surface area contributed by atoms with Gasteiger partial charge in [-0.25, -0.2) is 0 Å². The molecule has 0 heterocycles. The molecule has 1 rings (SSSR count). The minimum absolute atomic E-state index is 0.178. The largest absolute Gasteiger partial charge is 0.368 e. The lowest BCUT2D eigenvalue weighted by Gasteiger charge is -2.19. The van der Waals surface area contributed by atoms with Crippen LogP contribution in [0.5, 0.6) is 0 Å². The summed E-state index contributed by atoms with van der Waals surface area (Å²) in [5, 5.41) is 3.28. The summed E-state index contributed by atoms with van der Waals surface area (Å²) in [6, 6.07) is 0.327. The van der Waals surface area contributed by atoms with Crippen molar-refractivity contribution >= 4 is 5.91 Å². The number of carbonyl (C=O) groups excluding carboxylic acids is 1. The SMILES string of the molecule is C[C@H](NC1CCCCCC1)C(N)=O. The Bertz CT molecular complexity index is 162. The molecule has 1 saturated carbocycles. The van der Waals surface area contributed by atoms with E-state index in [4.69, 9.17) is 5.73 Å². The number of carbonyl (C=O) groups is 1. The highest BCUT2D eigenvalue weighted by atomic mass is 16.1. The zero-order valence-corrected chi connectivity index (χ0v) is 8.38. The summed E-state index contributed by atoms with van der Waals surface area (Å²) in [6.45, 7) is 1.84. The van der Waals surface area contributed by atoms with Gasteiger partial charge in [-0.3, -0.25) is 4.79 Å². The van der Waals surface area contributed by atoms with Crippen LogP contribution >= 0.6 is 0 Å². The van der Waals surface area contributed by atoms with E-state index in [0.29, 0.717) is 6.04 Å². The first-order valence-corrected chi connectivity index (χ1v) is 5.25. The summed E-state index contributed by atoms with van der Waals surface area (Å²) < 4.78 is 0. The Morgan fingerprint density at radius 3 is 2.31 bits per heavy atom. The molecule has 1 aliphatic rings. The normalized spacial score (nSPS) is 22.2. The maximum Gasteiger partial charge on any atom is 0.234 e. The van der Waals surface area contributed by atoms with E-state index in [0.717, 1.165) is 0 Å². The number of hydrogen-bond acceptors (Lipinski definition) is 2. The maximum atomic E-state index is 10.8. The van der Waals surface area contributed by atoms with Crippen molar-refractivity contribution in [2.24, 2.45) is 5.73 Å². The van der Waals surface area contributed by atoms with Crippen molar-refractivity contribution in [2.75, 3.05) is 0 Å². The van der Waals surface area contributed by atoms with Crippen LogP contribution in [0.1, 0.15) is 45.4 Å². The van der Waals surface area contributed by atoms with Gasteiger partial charge < -0.3 is 11.1 Å². The van der Waals surface area contributed by atoms with Gasteiger partial charge in [0.1, 0.15) is 0 Å². The second-order valence-corrected chi connectivity index (χ2v) is 3.98. The third-order valence-corrected chi connectivity index (χ3v) is 2.77. The molecule has 1 fully saturated rings. The van der Waals surface area contributed by atoms with E-state index in [1.807, 2.05) is 6.92 Å². The number of nitrogens with two attached hydrogens (primary N) is 1. The Labute approximate surface area is 80.1 Å². The summed E-state index contributed by atoms with van der Waals surface area (Å²) in [4.78, 5) is 10.8. The lowest BCUT2D eigenvalue weighted by molar-refractivity contribution is -0.119. The van der Waals surface area contributed by atoms with Crippen LogP contribution in [0.25, 0.3) is 0 Å². The molecule has 0 radical (unpaired) electrons. The van der Waals surface area contributed by atoms with Gasteiger partial charge >= 0.3 is 0 Å². The molecular weight excluding hydrogens is 164 g/mol. The lowest BCUT2D eigenvalue weighted by atomic mass is 10.1. The van der Waals surface area contributed by atoms with Crippen molar-refractivity contribution in [2.45, 2.75) is 57.5 Å². The van der Waals surface area contributed by atoms with Crippen LogP contribution in [-0.4, -0.2) is 18.0 Å². The number of primary amides is 1. The fraction of sp³-hybridized carbons (Fsp3) is 0.900. The van der Waals surface area contributed by atoms with Crippen molar-refractivity contribution in [3.8, 4) is 0 Å². The molecule has 3 heteroatoms. The van der Waals surface area contributed by atoms with E-state index in [9.17, 15) is 4.79 Å². The maximum absolute atomic E-state index is 10.8. The van der Waals surface area contributed by atoms with Crippen LogP contribution in [0, 0.1) is 0 Å². The van der Waals surface area contributed by atoms with Crippen LogP contribution in [0.15, 0.2) is 0 Å². The van der Waals surface area contributed by atoms with E-state index in [1.165, 1.54) is 38.5 Å². The van der Waals surface area contributed by atoms with Gasteiger partial charge in [0.2, 0.25) is 5.91 Å². The van der Waals surface area contributed by atoms with Gasteiger partial charge in [-0.05, 0) is 19.8 Å². The molecule has 1 amide bonds. The first kappa shape index (κ1) is 10.5. The van der Waals surface area contributed by atoms with Crippen LogP contribution in [-0.2, 0) is 4.79 Å². The lowest BCUT2D eigenvalue weighted by Crippen LogP contribution is -2.44. The highest BCUT2D eigenvalue weighted by Gasteiger charge is 2.16. The third kappa shape index (κ3) is 3.77. The number of rotatable bonds is 3. The predicted molar refractivity (Wildman–Crippen MR) is 53.3 cm³/mol. The van der Waals surface area contributed by atoms with Crippen molar-refractivity contribution in [1.82, 2.24) is 5.32 Å². The molecular formula is C10H20N2O. The van der Waals surface area contributed by atoms with Gasteiger partial charge in [-0.1, -0.05) is 25.7 Å². The first-order chi connectivity index (χ1) is 6.20. The molecule has 3 N–H and O–H groups in total. The smallest absolute Gasteiger partial charge is 0.234 e. The molecule has 0 aromatic carbocycles. The van der Waals surface area contributed by atoms with Crippen LogP contribution in [0.2, 0.25) is 0 Å². The predicted octanol–water partition coefficient (Wildman–Crippen LogP) is 1.17. The zero-order chi connectivity index (χ0) is 9.68. The monoisotopic (exact) mass is 184 g/mol. The fourth-order valence-corrected chi connectivity index (χ4v) is 1.88. The molecule has 0 saturated heterocycles. The second-order valence-electron chi connectivity index (χ2n) is 3.98. The van der Waals surface area contributed by atoms with Crippen molar-refractivity contribution < 1.29 is 4.79 Å². The first-order valence-electron chi connectivity index (χ1n) is 5.25. The second kappa shape index (κ2) is 5.22. The molecule has 76 valence electrons. The van der Waals surface area contributed by atoms with Gasteiger partial charge in [-0.2, -0.15) is 0 Å². The summed E-state index contributed by atoms with van der Waals surface area (Å²) >= 11 is 0. The van der Waals surface area contributed by atoms with E-state index >= 15 is 0 Å². The van der Waals surface area contributed by atoms with Gasteiger partial charge in [-0.15, -0.1) is 0 Å². The molecule has 0 unspecified atom stereocenters. The van der Waals surface area contributed by atoms with E-state index in [1.54, 1.807) is 0 Å². The molecule has 1 aliphatic carbocycles. The summed E-state index contributed by atoms with van der Waals surface area (Å²) in [5.41, 5.74) is 5.19. The minimum atomic E-state index is -0.246. The Kier molecular flexibility index (Phi) is 4.22. The van der Waals surface area contributed by atoms with E-state index in [-0.39, 0.29) is 11.9 Å². The highest BCUT2D eigenvalue weighted by Crippen LogP contribution is 2.17. The van der Waals surface area contributed by atoms with Crippen LogP contribution in [0.4, 0.5) is 0 Å². The van der Waals surface area contributed by atoms with Crippen LogP contribution < -0.4 is 11.1 Å². The molecule has 0 aromatic rings. The number of amides is 1. The van der Waals surface area contributed by atoms with Gasteiger partial charge in [0.05, 0.1) is 6.04 Å². The Morgan fingerprint density at radius 1 is 1.31 bits per heavy atom. The molecule has 13 heavy (non-hydrogen) atoms. The van der Waals surface area contributed by atoms with Gasteiger partial charge in [0.25, 0.3) is 0 Å². The minimum Gasteiger partial charge on any atom is -0.368 e. The number of nitrogens with one attached hydrogen (secondary N) is 1. The number of hydrogen-bond donors (Lipinski definition) is 2. The molecule has 1 atom stereocenters.